The Labute approximate surface area is 88.1 Å². The van der Waals surface area contributed by atoms with Crippen LogP contribution >= 0.6 is 0 Å². The fourth-order valence-electron chi connectivity index (χ4n) is 0.258. The van der Waals surface area contributed by atoms with E-state index in [9.17, 15) is 8.42 Å². The van der Waals surface area contributed by atoms with E-state index in [0.29, 0.717) is 0 Å². The molecule has 0 amide bonds. The second kappa shape index (κ2) is 7.96. The quantitative estimate of drug-likeness (QED) is 0.255. The van der Waals surface area contributed by atoms with Crippen molar-refractivity contribution in [2.75, 3.05) is 13.2 Å². The second-order valence-corrected chi connectivity index (χ2v) is 2.64. The molecule has 0 aliphatic carbocycles. The van der Waals surface area contributed by atoms with Crippen molar-refractivity contribution >= 4 is 33.5 Å². The van der Waals surface area contributed by atoms with Crippen molar-refractivity contribution in [3.05, 3.63) is 12.7 Å². The Morgan fingerprint density at radius 1 is 1.50 bits per heavy atom. The summed E-state index contributed by atoms with van der Waals surface area (Å²) in [5.74, 6) is 0. The fourth-order valence-corrected chi connectivity index (χ4v) is 0.774. The SMILES string of the molecule is C=CCOS(=O)(=O)OOCC.[MgH2]. The van der Waals surface area contributed by atoms with Gasteiger partial charge in [-0.1, -0.05) is 10.4 Å². The molecule has 0 aromatic rings. The van der Waals surface area contributed by atoms with Gasteiger partial charge in [0.25, 0.3) is 0 Å². The summed E-state index contributed by atoms with van der Waals surface area (Å²) in [6.07, 6.45) is 1.28. The molecule has 0 aliphatic rings. The highest BCUT2D eigenvalue weighted by molar-refractivity contribution is 7.81. The molecule has 7 heteroatoms. The Morgan fingerprint density at radius 3 is 2.50 bits per heavy atom. The number of hydrogen-bond donors (Lipinski definition) is 0. The zero-order valence-corrected chi connectivity index (χ0v) is 6.96. The van der Waals surface area contributed by atoms with Gasteiger partial charge in [0.05, 0.1) is 13.2 Å². The van der Waals surface area contributed by atoms with Crippen molar-refractivity contribution < 1.29 is 21.8 Å². The maximum Gasteiger partial charge on any atom is 0.426 e. The van der Waals surface area contributed by atoms with Gasteiger partial charge in [-0.3, -0.25) is 0 Å². The van der Waals surface area contributed by atoms with Gasteiger partial charge in [-0.25, -0.2) is 9.07 Å². The van der Waals surface area contributed by atoms with Crippen molar-refractivity contribution in [3.8, 4) is 0 Å². The summed E-state index contributed by atoms with van der Waals surface area (Å²) in [5, 5.41) is 0. The Kier molecular flexibility index (Phi) is 9.84. The first-order valence-corrected chi connectivity index (χ1v) is 4.27. The van der Waals surface area contributed by atoms with Gasteiger partial charge in [0.2, 0.25) is 0 Å². The van der Waals surface area contributed by atoms with E-state index in [0.717, 1.165) is 0 Å². The summed E-state index contributed by atoms with van der Waals surface area (Å²) in [6, 6.07) is 0. The van der Waals surface area contributed by atoms with E-state index >= 15 is 0 Å². The minimum Gasteiger partial charge on any atom is -0.242 e. The van der Waals surface area contributed by atoms with E-state index < -0.39 is 10.4 Å². The first kappa shape index (κ1) is 14.8. The van der Waals surface area contributed by atoms with Crippen LogP contribution in [-0.4, -0.2) is 44.7 Å². The minimum absolute atomic E-state index is 0. The van der Waals surface area contributed by atoms with Crippen molar-refractivity contribution in [2.45, 2.75) is 6.92 Å². The molecule has 5 nitrogen and oxygen atoms in total. The minimum atomic E-state index is -4.00. The summed E-state index contributed by atoms with van der Waals surface area (Å²) < 4.78 is 29.1. The van der Waals surface area contributed by atoms with E-state index in [-0.39, 0.29) is 36.3 Å². The van der Waals surface area contributed by atoms with Crippen molar-refractivity contribution in [1.29, 1.82) is 0 Å². The maximum absolute atomic E-state index is 10.5. The average Bonchev–Trinajstić information content (AvgIpc) is 1.97. The molecule has 0 aliphatic heterocycles. The fraction of sp³-hybridized carbons (Fsp3) is 0.600. The van der Waals surface area contributed by atoms with E-state index in [4.69, 9.17) is 0 Å². The van der Waals surface area contributed by atoms with Crippen LogP contribution in [0.3, 0.4) is 0 Å². The van der Waals surface area contributed by atoms with Gasteiger partial charge in [0, 0.05) is 0 Å². The summed E-state index contributed by atoms with van der Waals surface area (Å²) in [4.78, 5) is 4.15. The summed E-state index contributed by atoms with van der Waals surface area (Å²) in [7, 11) is -4.00. The van der Waals surface area contributed by atoms with Crippen LogP contribution < -0.4 is 0 Å². The summed E-state index contributed by atoms with van der Waals surface area (Å²) in [5.41, 5.74) is 0. The molecular formula is C5H12MgO5S. The highest BCUT2D eigenvalue weighted by atomic mass is 32.3. The molecular weight excluding hydrogens is 196 g/mol. The van der Waals surface area contributed by atoms with Gasteiger partial charge in [0.15, 0.2) is 0 Å². The molecule has 0 spiro atoms. The molecule has 0 heterocycles. The summed E-state index contributed by atoms with van der Waals surface area (Å²) >= 11 is 0. The molecule has 12 heavy (non-hydrogen) atoms. The van der Waals surface area contributed by atoms with E-state index in [1.165, 1.54) is 6.08 Å². The van der Waals surface area contributed by atoms with Crippen LogP contribution in [-0.2, 0) is 23.8 Å². The molecule has 0 saturated carbocycles. The molecule has 0 aromatic heterocycles. The van der Waals surface area contributed by atoms with Crippen LogP contribution in [0.4, 0.5) is 0 Å². The van der Waals surface area contributed by atoms with Crippen LogP contribution in [0.25, 0.3) is 0 Å². The molecule has 0 fully saturated rings. The van der Waals surface area contributed by atoms with Crippen molar-refractivity contribution in [1.82, 2.24) is 0 Å². The predicted octanol–water partition coefficient (Wildman–Crippen LogP) is -0.514. The highest BCUT2D eigenvalue weighted by Crippen LogP contribution is 1.95. The predicted molar refractivity (Wildman–Crippen MR) is 46.3 cm³/mol. The van der Waals surface area contributed by atoms with Gasteiger partial charge in [0.1, 0.15) is 0 Å². The van der Waals surface area contributed by atoms with Crippen LogP contribution in [0.1, 0.15) is 6.92 Å². The van der Waals surface area contributed by atoms with E-state index in [1.807, 2.05) is 0 Å². The standard InChI is InChI=1S/C5H10O5S.Mg.2H/c1-3-5-9-11(6,7)10-8-4-2;;;/h3H,1,4-5H2,2H3;;;. The Morgan fingerprint density at radius 2 is 2.08 bits per heavy atom. The van der Waals surface area contributed by atoms with Crippen molar-refractivity contribution in [3.63, 3.8) is 0 Å². The third-order valence-electron chi connectivity index (χ3n) is 0.580. The number of rotatable bonds is 6. The molecule has 0 aromatic carbocycles. The monoisotopic (exact) mass is 208 g/mol. The van der Waals surface area contributed by atoms with Crippen LogP contribution in [0.15, 0.2) is 12.7 Å². The second-order valence-electron chi connectivity index (χ2n) is 1.46. The van der Waals surface area contributed by atoms with Crippen LogP contribution in [0.5, 0.6) is 0 Å². The third kappa shape index (κ3) is 8.43. The van der Waals surface area contributed by atoms with E-state index in [2.05, 4.69) is 20.0 Å². The van der Waals surface area contributed by atoms with Crippen LogP contribution in [0.2, 0.25) is 0 Å². The molecule has 70 valence electrons. The molecule has 0 atom stereocenters. The lowest BCUT2D eigenvalue weighted by atomic mass is 10.7. The lowest BCUT2D eigenvalue weighted by molar-refractivity contribution is -0.204. The van der Waals surface area contributed by atoms with Crippen molar-refractivity contribution in [2.24, 2.45) is 0 Å². The molecule has 0 bridgehead atoms. The average molecular weight is 209 g/mol. The lowest BCUT2D eigenvalue weighted by Crippen LogP contribution is -2.10. The molecule has 0 radical (unpaired) electrons. The molecule has 0 rings (SSSR count). The molecule has 0 saturated heterocycles. The van der Waals surface area contributed by atoms with Gasteiger partial charge < -0.3 is 0 Å². The first-order valence-electron chi connectivity index (χ1n) is 2.93. The molecule has 0 unspecified atom stereocenters. The van der Waals surface area contributed by atoms with Crippen LogP contribution in [0, 0.1) is 0 Å². The van der Waals surface area contributed by atoms with Gasteiger partial charge in [-0.2, -0.15) is 8.42 Å². The van der Waals surface area contributed by atoms with Gasteiger partial charge in [-0.05, 0) is 6.92 Å². The highest BCUT2D eigenvalue weighted by Gasteiger charge is 2.10. The first-order chi connectivity index (χ1) is 5.12. The van der Waals surface area contributed by atoms with Gasteiger partial charge >= 0.3 is 33.5 Å². The smallest absolute Gasteiger partial charge is 0.242 e. The normalized spacial score (nSPS) is 10.4. The largest absolute Gasteiger partial charge is 0.426 e. The zero-order chi connectivity index (χ0) is 8.74. The Balaban J connectivity index is 0. The van der Waals surface area contributed by atoms with Gasteiger partial charge in [-0.15, -0.1) is 6.58 Å². The summed E-state index contributed by atoms with van der Waals surface area (Å²) in [6.45, 7) is 4.85. The molecule has 0 N–H and O–H groups in total. The van der Waals surface area contributed by atoms with E-state index in [1.54, 1.807) is 6.92 Å². The zero-order valence-electron chi connectivity index (χ0n) is 6.15. The Hall–Kier alpha value is 0.336. The number of hydrogen-bond acceptors (Lipinski definition) is 5. The maximum atomic E-state index is 10.5. The topological polar surface area (TPSA) is 61.8 Å². The lowest BCUT2D eigenvalue weighted by Gasteiger charge is -2.00. The Bertz CT molecular complexity index is 200. The third-order valence-corrected chi connectivity index (χ3v) is 1.27.